The normalized spacial score (nSPS) is 16.7. The summed E-state index contributed by atoms with van der Waals surface area (Å²) in [6.07, 6.45) is -0.368. The maximum absolute atomic E-state index is 12.2. The summed E-state index contributed by atoms with van der Waals surface area (Å²) in [5, 5.41) is 2.87. The third-order valence-corrected chi connectivity index (χ3v) is 5.95. The molecule has 4 rings (SSSR count). The molecule has 6 heteroatoms. The molecule has 6 nitrogen and oxygen atoms in total. The first-order valence-electron chi connectivity index (χ1n) is 10.6. The number of Topliss-reactive ketones (excluding diaryl/α,β-unsaturated/α-hetero) is 1. The van der Waals surface area contributed by atoms with Crippen molar-refractivity contribution in [3.63, 3.8) is 0 Å². The van der Waals surface area contributed by atoms with Crippen LogP contribution >= 0.6 is 0 Å². The fraction of sp³-hybridized carbons (Fsp3) is 0.417. The fourth-order valence-corrected chi connectivity index (χ4v) is 4.45. The lowest BCUT2D eigenvalue weighted by atomic mass is 9.98. The molecule has 0 aromatic heterocycles. The molecule has 0 spiro atoms. The van der Waals surface area contributed by atoms with E-state index in [1.807, 2.05) is 24.3 Å². The number of nitrogens with one attached hydrogen (secondary N) is 1. The summed E-state index contributed by atoms with van der Waals surface area (Å²) in [7, 11) is 0. The van der Waals surface area contributed by atoms with Crippen molar-refractivity contribution in [3.05, 3.63) is 59.7 Å². The van der Waals surface area contributed by atoms with Gasteiger partial charge in [-0.1, -0.05) is 48.5 Å². The quantitative estimate of drug-likeness (QED) is 0.765. The molecule has 0 unspecified atom stereocenters. The second-order valence-corrected chi connectivity index (χ2v) is 8.07. The lowest BCUT2D eigenvalue weighted by Crippen LogP contribution is -2.49. The van der Waals surface area contributed by atoms with Gasteiger partial charge in [0, 0.05) is 45.2 Å². The van der Waals surface area contributed by atoms with Gasteiger partial charge in [-0.2, -0.15) is 0 Å². The van der Waals surface area contributed by atoms with E-state index < -0.39 is 0 Å². The Morgan fingerprint density at radius 2 is 1.50 bits per heavy atom. The molecular weight excluding hydrogens is 378 g/mol. The number of amides is 1. The SMILES string of the molecule is CC(=O)CN1CCN(CCNC(=O)OCC2c3ccccc3-c3ccccc32)CC1. The summed E-state index contributed by atoms with van der Waals surface area (Å²) in [6, 6.07) is 16.7. The molecule has 1 aliphatic heterocycles. The van der Waals surface area contributed by atoms with E-state index in [1.165, 1.54) is 22.3 Å². The average molecular weight is 408 g/mol. The first kappa shape index (κ1) is 20.6. The van der Waals surface area contributed by atoms with Crippen molar-refractivity contribution in [2.24, 2.45) is 0 Å². The molecule has 158 valence electrons. The Labute approximate surface area is 177 Å². The van der Waals surface area contributed by atoms with Crippen molar-refractivity contribution in [2.45, 2.75) is 12.8 Å². The van der Waals surface area contributed by atoms with Crippen LogP contribution in [-0.4, -0.2) is 74.1 Å². The first-order valence-corrected chi connectivity index (χ1v) is 10.6. The number of alkyl carbamates (subject to hydrolysis) is 1. The fourth-order valence-electron chi connectivity index (χ4n) is 4.45. The van der Waals surface area contributed by atoms with Crippen LogP contribution in [0, 0.1) is 0 Å². The number of carbonyl (C=O) groups excluding carboxylic acids is 2. The molecule has 1 N–H and O–H groups in total. The largest absolute Gasteiger partial charge is 0.449 e. The summed E-state index contributed by atoms with van der Waals surface area (Å²) in [6.45, 7) is 7.47. The Balaban J connectivity index is 1.22. The molecule has 30 heavy (non-hydrogen) atoms. The highest BCUT2D eigenvalue weighted by molar-refractivity contribution is 5.79. The third kappa shape index (κ3) is 4.71. The Bertz CT molecular complexity index is 861. The molecule has 1 heterocycles. The Morgan fingerprint density at radius 3 is 2.10 bits per heavy atom. The zero-order valence-electron chi connectivity index (χ0n) is 17.5. The Kier molecular flexibility index (Phi) is 6.45. The van der Waals surface area contributed by atoms with Crippen molar-refractivity contribution in [3.8, 4) is 11.1 Å². The molecule has 0 saturated carbocycles. The van der Waals surface area contributed by atoms with Gasteiger partial charge in [0.1, 0.15) is 12.4 Å². The topological polar surface area (TPSA) is 61.9 Å². The van der Waals surface area contributed by atoms with Gasteiger partial charge in [-0.25, -0.2) is 4.79 Å². The van der Waals surface area contributed by atoms with E-state index in [9.17, 15) is 9.59 Å². The number of piperazine rings is 1. The smallest absolute Gasteiger partial charge is 0.407 e. The van der Waals surface area contributed by atoms with Crippen molar-refractivity contribution in [1.29, 1.82) is 0 Å². The lowest BCUT2D eigenvalue weighted by Gasteiger charge is -2.34. The van der Waals surface area contributed by atoms with Crippen molar-refractivity contribution in [2.75, 3.05) is 52.4 Å². The van der Waals surface area contributed by atoms with Crippen LogP contribution in [0.4, 0.5) is 4.79 Å². The molecule has 1 fully saturated rings. The van der Waals surface area contributed by atoms with Crippen molar-refractivity contribution < 1.29 is 14.3 Å². The molecule has 2 aromatic rings. The number of hydrogen-bond acceptors (Lipinski definition) is 5. The van der Waals surface area contributed by atoms with Gasteiger partial charge in [0.25, 0.3) is 0 Å². The summed E-state index contributed by atoms with van der Waals surface area (Å²) in [4.78, 5) is 27.9. The van der Waals surface area contributed by atoms with Gasteiger partial charge in [-0.3, -0.25) is 14.6 Å². The van der Waals surface area contributed by atoms with Crippen LogP contribution in [0.15, 0.2) is 48.5 Å². The van der Waals surface area contributed by atoms with Gasteiger partial charge < -0.3 is 10.1 Å². The monoisotopic (exact) mass is 407 g/mol. The minimum atomic E-state index is -0.368. The predicted molar refractivity (Wildman–Crippen MR) is 117 cm³/mol. The second-order valence-electron chi connectivity index (χ2n) is 8.07. The maximum atomic E-state index is 12.2. The van der Waals surface area contributed by atoms with Crippen molar-refractivity contribution >= 4 is 11.9 Å². The Hall–Kier alpha value is -2.70. The molecule has 1 saturated heterocycles. The van der Waals surface area contributed by atoms with E-state index in [1.54, 1.807) is 6.92 Å². The molecule has 1 aliphatic carbocycles. The number of ketones is 1. The number of nitrogens with zero attached hydrogens (tertiary/aromatic N) is 2. The maximum Gasteiger partial charge on any atom is 0.407 e. The minimum Gasteiger partial charge on any atom is -0.449 e. The highest BCUT2D eigenvalue weighted by Crippen LogP contribution is 2.44. The van der Waals surface area contributed by atoms with Gasteiger partial charge in [-0.15, -0.1) is 0 Å². The lowest BCUT2D eigenvalue weighted by molar-refractivity contribution is -0.118. The number of ether oxygens (including phenoxy) is 1. The molecule has 1 amide bonds. The van der Waals surface area contributed by atoms with Crippen LogP contribution in [0.1, 0.15) is 24.0 Å². The minimum absolute atomic E-state index is 0.0810. The molecular formula is C24H29N3O3. The average Bonchev–Trinajstić information content (AvgIpc) is 3.07. The van der Waals surface area contributed by atoms with Gasteiger partial charge in [0.2, 0.25) is 0 Å². The highest BCUT2D eigenvalue weighted by Gasteiger charge is 2.29. The van der Waals surface area contributed by atoms with Crippen LogP contribution in [0.2, 0.25) is 0 Å². The van der Waals surface area contributed by atoms with E-state index in [4.69, 9.17) is 4.74 Å². The molecule has 0 radical (unpaired) electrons. The molecule has 2 aromatic carbocycles. The molecule has 0 bridgehead atoms. The molecule has 0 atom stereocenters. The van der Waals surface area contributed by atoms with Crippen LogP contribution in [0.3, 0.4) is 0 Å². The van der Waals surface area contributed by atoms with E-state index in [-0.39, 0.29) is 17.8 Å². The van der Waals surface area contributed by atoms with Crippen LogP contribution < -0.4 is 5.32 Å². The van der Waals surface area contributed by atoms with Crippen LogP contribution in [0.5, 0.6) is 0 Å². The van der Waals surface area contributed by atoms with E-state index in [0.717, 1.165) is 32.7 Å². The first-order chi connectivity index (χ1) is 14.6. The third-order valence-electron chi connectivity index (χ3n) is 5.95. The number of rotatable bonds is 7. The summed E-state index contributed by atoms with van der Waals surface area (Å²) in [5.41, 5.74) is 4.89. The number of benzene rings is 2. The van der Waals surface area contributed by atoms with Gasteiger partial charge in [0.05, 0.1) is 6.54 Å². The van der Waals surface area contributed by atoms with Crippen LogP contribution in [0.25, 0.3) is 11.1 Å². The zero-order valence-corrected chi connectivity index (χ0v) is 17.5. The highest BCUT2D eigenvalue weighted by atomic mass is 16.5. The number of hydrogen-bond donors (Lipinski definition) is 1. The van der Waals surface area contributed by atoms with E-state index >= 15 is 0 Å². The zero-order chi connectivity index (χ0) is 20.9. The van der Waals surface area contributed by atoms with Gasteiger partial charge >= 0.3 is 6.09 Å². The number of fused-ring (bicyclic) bond motifs is 3. The predicted octanol–water partition coefficient (Wildman–Crippen LogP) is 2.73. The second kappa shape index (κ2) is 9.41. The van der Waals surface area contributed by atoms with Crippen LogP contribution in [-0.2, 0) is 9.53 Å². The van der Waals surface area contributed by atoms with E-state index in [0.29, 0.717) is 19.7 Å². The molecule has 2 aliphatic rings. The van der Waals surface area contributed by atoms with Crippen molar-refractivity contribution in [1.82, 2.24) is 15.1 Å². The Morgan fingerprint density at radius 1 is 0.933 bits per heavy atom. The van der Waals surface area contributed by atoms with Gasteiger partial charge in [-0.05, 0) is 29.2 Å². The van der Waals surface area contributed by atoms with E-state index in [2.05, 4.69) is 39.4 Å². The van der Waals surface area contributed by atoms with Gasteiger partial charge in [0.15, 0.2) is 0 Å². The summed E-state index contributed by atoms with van der Waals surface area (Å²) < 4.78 is 5.58. The summed E-state index contributed by atoms with van der Waals surface area (Å²) in [5.74, 6) is 0.290. The summed E-state index contributed by atoms with van der Waals surface area (Å²) >= 11 is 0. The number of carbonyl (C=O) groups is 2. The standard InChI is InChI=1S/C24H29N3O3/c1-18(28)16-27-14-12-26(13-15-27)11-10-25-24(29)30-17-23-21-8-4-2-6-19(21)20-7-3-5-9-22(20)23/h2-9,23H,10-17H2,1H3,(H,25,29).